The van der Waals surface area contributed by atoms with E-state index in [1.54, 1.807) is 12.5 Å². The van der Waals surface area contributed by atoms with Crippen molar-refractivity contribution in [1.29, 1.82) is 0 Å². The molecule has 0 spiro atoms. The second kappa shape index (κ2) is 2.89. The number of hydrogen-bond acceptors (Lipinski definition) is 2. The largest absolute Gasteiger partial charge is 0.455 e. The third-order valence-electron chi connectivity index (χ3n) is 1.77. The minimum Gasteiger partial charge on any atom is -0.455 e. The van der Waals surface area contributed by atoms with Crippen molar-refractivity contribution in [3.63, 3.8) is 0 Å². The number of benzene rings is 1. The van der Waals surface area contributed by atoms with E-state index in [-0.39, 0.29) is 6.29 Å². The Labute approximate surface area is 71.4 Å². The number of rotatable bonds is 1. The van der Waals surface area contributed by atoms with E-state index in [0.717, 1.165) is 5.56 Å². The topological polar surface area (TPSA) is 18.5 Å². The van der Waals surface area contributed by atoms with Crippen molar-refractivity contribution in [3.8, 4) is 0 Å². The molecule has 0 saturated heterocycles. The van der Waals surface area contributed by atoms with Crippen molar-refractivity contribution < 1.29 is 9.47 Å². The van der Waals surface area contributed by atoms with Gasteiger partial charge in [-0.3, -0.25) is 0 Å². The normalized spacial score (nSPS) is 15.8. The van der Waals surface area contributed by atoms with Gasteiger partial charge in [-0.1, -0.05) is 23.8 Å². The van der Waals surface area contributed by atoms with E-state index in [1.165, 1.54) is 5.56 Å². The van der Waals surface area contributed by atoms with Gasteiger partial charge < -0.3 is 9.47 Å². The summed E-state index contributed by atoms with van der Waals surface area (Å²) in [5.74, 6) is 0. The van der Waals surface area contributed by atoms with Crippen LogP contribution in [0.3, 0.4) is 0 Å². The van der Waals surface area contributed by atoms with Gasteiger partial charge in [0.15, 0.2) is 0 Å². The van der Waals surface area contributed by atoms with Gasteiger partial charge in [-0.25, -0.2) is 0 Å². The summed E-state index contributed by atoms with van der Waals surface area (Å²) in [5, 5.41) is 0. The first kappa shape index (κ1) is 7.22. The third kappa shape index (κ3) is 1.28. The van der Waals surface area contributed by atoms with Crippen LogP contribution in [0, 0.1) is 6.92 Å². The molecule has 1 aliphatic heterocycles. The Hall–Kier alpha value is -1.44. The highest BCUT2D eigenvalue weighted by molar-refractivity contribution is 5.23. The fourth-order valence-corrected chi connectivity index (χ4v) is 1.21. The summed E-state index contributed by atoms with van der Waals surface area (Å²) in [6.45, 7) is 2.05. The van der Waals surface area contributed by atoms with Crippen LogP contribution in [-0.2, 0) is 9.47 Å². The molecule has 0 bridgehead atoms. The van der Waals surface area contributed by atoms with Crippen LogP contribution < -0.4 is 0 Å². The zero-order valence-electron chi connectivity index (χ0n) is 6.86. The molecule has 62 valence electrons. The van der Waals surface area contributed by atoms with Gasteiger partial charge in [-0.15, -0.1) is 0 Å². The molecule has 0 unspecified atom stereocenters. The van der Waals surface area contributed by atoms with Crippen molar-refractivity contribution in [3.05, 3.63) is 47.9 Å². The van der Waals surface area contributed by atoms with E-state index < -0.39 is 0 Å². The monoisotopic (exact) mass is 162 g/mol. The predicted octanol–water partition coefficient (Wildman–Crippen LogP) is 2.51. The highest BCUT2D eigenvalue weighted by Crippen LogP contribution is 2.23. The summed E-state index contributed by atoms with van der Waals surface area (Å²) in [7, 11) is 0. The van der Waals surface area contributed by atoms with Gasteiger partial charge in [0.1, 0.15) is 12.5 Å². The molecule has 2 rings (SSSR count). The second-order valence-electron chi connectivity index (χ2n) is 2.79. The van der Waals surface area contributed by atoms with E-state index in [2.05, 4.69) is 6.07 Å². The molecular weight excluding hydrogens is 152 g/mol. The first-order chi connectivity index (χ1) is 5.86. The minimum atomic E-state index is -0.245. The summed E-state index contributed by atoms with van der Waals surface area (Å²) in [6.07, 6.45) is 2.88. The zero-order chi connectivity index (χ0) is 8.39. The molecular formula is C10H10O2. The van der Waals surface area contributed by atoms with E-state index in [1.807, 2.05) is 25.1 Å². The SMILES string of the molecule is Cc1cccc(C2OC=CO2)c1. The van der Waals surface area contributed by atoms with Crippen molar-refractivity contribution in [2.24, 2.45) is 0 Å². The van der Waals surface area contributed by atoms with Crippen LogP contribution >= 0.6 is 0 Å². The summed E-state index contributed by atoms with van der Waals surface area (Å²) in [4.78, 5) is 0. The van der Waals surface area contributed by atoms with Gasteiger partial charge >= 0.3 is 0 Å². The van der Waals surface area contributed by atoms with E-state index in [9.17, 15) is 0 Å². The maximum atomic E-state index is 5.19. The van der Waals surface area contributed by atoms with Crippen LogP contribution in [0.1, 0.15) is 17.4 Å². The third-order valence-corrected chi connectivity index (χ3v) is 1.77. The fraction of sp³-hybridized carbons (Fsp3) is 0.200. The first-order valence-electron chi connectivity index (χ1n) is 3.89. The fourth-order valence-electron chi connectivity index (χ4n) is 1.21. The molecule has 0 N–H and O–H groups in total. The zero-order valence-corrected chi connectivity index (χ0v) is 6.86. The first-order valence-corrected chi connectivity index (χ1v) is 3.89. The summed E-state index contributed by atoms with van der Waals surface area (Å²) in [5.41, 5.74) is 2.27. The summed E-state index contributed by atoms with van der Waals surface area (Å²) in [6, 6.07) is 8.09. The van der Waals surface area contributed by atoms with E-state index in [0.29, 0.717) is 0 Å². The average molecular weight is 162 g/mol. The van der Waals surface area contributed by atoms with Gasteiger partial charge in [0.2, 0.25) is 0 Å². The average Bonchev–Trinajstić information content (AvgIpc) is 2.56. The van der Waals surface area contributed by atoms with Gasteiger partial charge in [-0.2, -0.15) is 0 Å². The van der Waals surface area contributed by atoms with Crippen LogP contribution in [0.5, 0.6) is 0 Å². The van der Waals surface area contributed by atoms with Crippen LogP contribution in [-0.4, -0.2) is 0 Å². The molecule has 1 aromatic rings. The Morgan fingerprint density at radius 3 is 2.58 bits per heavy atom. The van der Waals surface area contributed by atoms with Crippen molar-refractivity contribution in [2.45, 2.75) is 13.2 Å². The molecule has 0 amide bonds. The lowest BCUT2D eigenvalue weighted by molar-refractivity contribution is -0.0246. The quantitative estimate of drug-likeness (QED) is 0.631. The molecule has 2 nitrogen and oxygen atoms in total. The van der Waals surface area contributed by atoms with Crippen LogP contribution in [0.2, 0.25) is 0 Å². The lowest BCUT2D eigenvalue weighted by Crippen LogP contribution is -1.97. The molecule has 1 aliphatic rings. The maximum Gasteiger partial charge on any atom is 0.266 e. The Morgan fingerprint density at radius 1 is 1.17 bits per heavy atom. The van der Waals surface area contributed by atoms with Gasteiger partial charge in [-0.05, 0) is 13.0 Å². The van der Waals surface area contributed by atoms with Crippen molar-refractivity contribution in [2.75, 3.05) is 0 Å². The highest BCUT2D eigenvalue weighted by atomic mass is 16.7. The number of aryl methyl sites for hydroxylation is 1. The lowest BCUT2D eigenvalue weighted by Gasteiger charge is -2.10. The maximum absolute atomic E-state index is 5.19. The Morgan fingerprint density at radius 2 is 1.92 bits per heavy atom. The van der Waals surface area contributed by atoms with Crippen LogP contribution in [0.25, 0.3) is 0 Å². The standard InChI is InChI=1S/C10H10O2/c1-8-3-2-4-9(7-8)10-11-5-6-12-10/h2-7,10H,1H3. The molecule has 1 heterocycles. The van der Waals surface area contributed by atoms with Gasteiger partial charge in [0, 0.05) is 5.56 Å². The van der Waals surface area contributed by atoms with Crippen LogP contribution in [0.4, 0.5) is 0 Å². The molecule has 0 aromatic heterocycles. The summed E-state index contributed by atoms with van der Waals surface area (Å²) >= 11 is 0. The molecule has 0 atom stereocenters. The smallest absolute Gasteiger partial charge is 0.266 e. The Bertz CT molecular complexity index is 296. The van der Waals surface area contributed by atoms with Crippen molar-refractivity contribution in [1.82, 2.24) is 0 Å². The Balaban J connectivity index is 2.22. The van der Waals surface area contributed by atoms with Crippen LogP contribution in [0.15, 0.2) is 36.8 Å². The highest BCUT2D eigenvalue weighted by Gasteiger charge is 2.14. The minimum absolute atomic E-state index is 0.245. The summed E-state index contributed by atoms with van der Waals surface area (Å²) < 4.78 is 10.4. The Kier molecular flexibility index (Phi) is 1.74. The molecule has 0 radical (unpaired) electrons. The number of ether oxygens (including phenoxy) is 2. The second-order valence-corrected chi connectivity index (χ2v) is 2.79. The predicted molar refractivity (Wildman–Crippen MR) is 45.2 cm³/mol. The van der Waals surface area contributed by atoms with E-state index in [4.69, 9.17) is 9.47 Å². The molecule has 0 fully saturated rings. The molecule has 12 heavy (non-hydrogen) atoms. The molecule has 0 saturated carbocycles. The number of hydrogen-bond donors (Lipinski definition) is 0. The van der Waals surface area contributed by atoms with Crippen molar-refractivity contribution >= 4 is 0 Å². The van der Waals surface area contributed by atoms with Gasteiger partial charge in [0.25, 0.3) is 6.29 Å². The lowest BCUT2D eigenvalue weighted by atomic mass is 10.1. The van der Waals surface area contributed by atoms with E-state index >= 15 is 0 Å². The molecule has 2 heteroatoms. The molecule has 0 aliphatic carbocycles. The van der Waals surface area contributed by atoms with Gasteiger partial charge in [0.05, 0.1) is 0 Å². The molecule has 1 aromatic carbocycles.